The van der Waals surface area contributed by atoms with Crippen molar-refractivity contribution in [3.05, 3.63) is 28.8 Å². The predicted molar refractivity (Wildman–Crippen MR) is 75.4 cm³/mol. The Morgan fingerprint density at radius 3 is 2.53 bits per heavy atom. The van der Waals surface area contributed by atoms with Crippen LogP contribution in [0.1, 0.15) is 18.4 Å². The molecule has 1 spiro atoms. The van der Waals surface area contributed by atoms with Crippen molar-refractivity contribution in [3.63, 3.8) is 0 Å². The van der Waals surface area contributed by atoms with E-state index in [1.807, 2.05) is 12.1 Å². The highest BCUT2D eigenvalue weighted by molar-refractivity contribution is 6.31. The Labute approximate surface area is 118 Å². The number of piperidine rings is 1. The quantitative estimate of drug-likeness (QED) is 0.903. The van der Waals surface area contributed by atoms with Gasteiger partial charge < -0.3 is 20.1 Å². The van der Waals surface area contributed by atoms with E-state index in [9.17, 15) is 0 Å². The average molecular weight is 283 g/mol. The molecule has 1 aromatic carbocycles. The number of benzene rings is 1. The number of nitrogens with two attached hydrogens (primary N) is 1. The van der Waals surface area contributed by atoms with Crippen LogP contribution in [0.4, 0.5) is 5.69 Å². The molecular weight excluding hydrogens is 264 g/mol. The number of nitrogens with zero attached hydrogens (tertiary/aromatic N) is 1. The van der Waals surface area contributed by atoms with Gasteiger partial charge in [-0.25, -0.2) is 0 Å². The van der Waals surface area contributed by atoms with Gasteiger partial charge in [-0.05, 0) is 12.1 Å². The fourth-order valence-corrected chi connectivity index (χ4v) is 3.17. The van der Waals surface area contributed by atoms with Crippen molar-refractivity contribution < 1.29 is 9.47 Å². The van der Waals surface area contributed by atoms with Crippen molar-refractivity contribution >= 4 is 17.3 Å². The van der Waals surface area contributed by atoms with Gasteiger partial charge in [0, 0.05) is 48.7 Å². The van der Waals surface area contributed by atoms with Crippen LogP contribution in [0.15, 0.2) is 18.2 Å². The summed E-state index contributed by atoms with van der Waals surface area (Å²) in [5.74, 6) is -0.335. The van der Waals surface area contributed by atoms with Gasteiger partial charge in [-0.1, -0.05) is 17.7 Å². The third kappa shape index (κ3) is 2.46. The Morgan fingerprint density at radius 2 is 1.89 bits per heavy atom. The highest BCUT2D eigenvalue weighted by Crippen LogP contribution is 2.35. The number of ether oxygens (including phenoxy) is 2. The molecule has 0 aromatic heterocycles. The van der Waals surface area contributed by atoms with Crippen molar-refractivity contribution in [2.75, 3.05) is 31.2 Å². The molecule has 1 aromatic rings. The topological polar surface area (TPSA) is 47.7 Å². The number of hydrogen-bond donors (Lipinski definition) is 1. The van der Waals surface area contributed by atoms with Gasteiger partial charge >= 0.3 is 0 Å². The first-order valence-corrected chi connectivity index (χ1v) is 7.12. The first-order valence-electron chi connectivity index (χ1n) is 6.74. The Bertz CT molecular complexity index is 451. The lowest BCUT2D eigenvalue weighted by molar-refractivity contribution is -0.169. The van der Waals surface area contributed by atoms with Crippen LogP contribution in [0.2, 0.25) is 5.02 Å². The lowest BCUT2D eigenvalue weighted by Crippen LogP contribution is -2.45. The molecule has 4 nitrogen and oxygen atoms in total. The second-order valence-corrected chi connectivity index (χ2v) is 5.44. The van der Waals surface area contributed by atoms with Crippen LogP contribution in [0.3, 0.4) is 0 Å². The van der Waals surface area contributed by atoms with E-state index in [1.165, 1.54) is 0 Å². The molecule has 104 valence electrons. The maximum absolute atomic E-state index is 6.21. The molecule has 2 heterocycles. The van der Waals surface area contributed by atoms with E-state index in [0.717, 1.165) is 42.2 Å². The molecule has 0 bridgehead atoms. The van der Waals surface area contributed by atoms with Gasteiger partial charge in [-0.2, -0.15) is 0 Å². The van der Waals surface area contributed by atoms with E-state index in [1.54, 1.807) is 0 Å². The van der Waals surface area contributed by atoms with Gasteiger partial charge in [-0.15, -0.1) is 0 Å². The summed E-state index contributed by atoms with van der Waals surface area (Å²) in [5, 5.41) is 0.744. The summed E-state index contributed by atoms with van der Waals surface area (Å²) >= 11 is 6.21. The number of anilines is 1. The molecule has 2 N–H and O–H groups in total. The summed E-state index contributed by atoms with van der Waals surface area (Å²) in [6.45, 7) is 3.71. The van der Waals surface area contributed by atoms with Gasteiger partial charge in [-0.3, -0.25) is 0 Å². The lowest BCUT2D eigenvalue weighted by Gasteiger charge is -2.39. The number of rotatable bonds is 2. The van der Waals surface area contributed by atoms with Crippen LogP contribution in [-0.2, 0) is 16.0 Å². The van der Waals surface area contributed by atoms with E-state index in [2.05, 4.69) is 11.0 Å². The smallest absolute Gasteiger partial charge is 0.171 e. The van der Waals surface area contributed by atoms with Crippen molar-refractivity contribution in [2.45, 2.75) is 25.2 Å². The maximum Gasteiger partial charge on any atom is 0.171 e. The average Bonchev–Trinajstić information content (AvgIpc) is 2.88. The monoisotopic (exact) mass is 282 g/mol. The predicted octanol–water partition coefficient (Wildman–Crippen LogP) is 2.14. The highest BCUT2D eigenvalue weighted by atomic mass is 35.5. The first kappa shape index (κ1) is 13.2. The molecule has 0 amide bonds. The SMILES string of the molecule is NCc1c(Cl)cccc1N1CCC2(CC1)OCCO2. The lowest BCUT2D eigenvalue weighted by atomic mass is 10.0. The number of hydrogen-bond acceptors (Lipinski definition) is 4. The van der Waals surface area contributed by atoms with Crippen LogP contribution in [0.5, 0.6) is 0 Å². The maximum atomic E-state index is 6.21. The van der Waals surface area contributed by atoms with Crippen molar-refractivity contribution in [1.82, 2.24) is 0 Å². The van der Waals surface area contributed by atoms with Crippen LogP contribution in [0, 0.1) is 0 Å². The molecule has 2 aliphatic rings. The largest absolute Gasteiger partial charge is 0.371 e. The van der Waals surface area contributed by atoms with Crippen LogP contribution >= 0.6 is 11.6 Å². The van der Waals surface area contributed by atoms with Gasteiger partial charge in [0.2, 0.25) is 0 Å². The van der Waals surface area contributed by atoms with E-state index in [0.29, 0.717) is 19.8 Å². The van der Waals surface area contributed by atoms with Crippen LogP contribution < -0.4 is 10.6 Å². The van der Waals surface area contributed by atoms with Crippen molar-refractivity contribution in [3.8, 4) is 0 Å². The zero-order valence-electron chi connectivity index (χ0n) is 10.9. The first-order chi connectivity index (χ1) is 9.24. The van der Waals surface area contributed by atoms with Crippen LogP contribution in [-0.4, -0.2) is 32.1 Å². The molecule has 3 rings (SSSR count). The summed E-state index contributed by atoms with van der Waals surface area (Å²) < 4.78 is 11.5. The fourth-order valence-electron chi connectivity index (χ4n) is 2.92. The van der Waals surface area contributed by atoms with E-state index < -0.39 is 0 Å². The van der Waals surface area contributed by atoms with E-state index in [-0.39, 0.29) is 5.79 Å². The molecule has 0 saturated carbocycles. The molecule has 2 saturated heterocycles. The molecule has 19 heavy (non-hydrogen) atoms. The van der Waals surface area contributed by atoms with Gasteiger partial charge in [0.15, 0.2) is 5.79 Å². The summed E-state index contributed by atoms with van der Waals surface area (Å²) in [4.78, 5) is 2.32. The molecule has 2 aliphatic heterocycles. The number of halogens is 1. The van der Waals surface area contributed by atoms with Gasteiger partial charge in [0.05, 0.1) is 13.2 Å². The molecular formula is C14H19ClN2O2. The third-order valence-electron chi connectivity index (χ3n) is 3.98. The minimum absolute atomic E-state index is 0.335. The van der Waals surface area contributed by atoms with Crippen molar-refractivity contribution in [2.24, 2.45) is 5.73 Å². The molecule has 2 fully saturated rings. The van der Waals surface area contributed by atoms with Crippen molar-refractivity contribution in [1.29, 1.82) is 0 Å². The summed E-state index contributed by atoms with van der Waals surface area (Å²) in [5.41, 5.74) is 7.98. The normalized spacial score (nSPS) is 22.1. The van der Waals surface area contributed by atoms with E-state index >= 15 is 0 Å². The Morgan fingerprint density at radius 1 is 1.21 bits per heavy atom. The zero-order chi connectivity index (χ0) is 13.3. The molecule has 0 radical (unpaired) electrons. The van der Waals surface area contributed by atoms with Crippen LogP contribution in [0.25, 0.3) is 0 Å². The molecule has 0 atom stereocenters. The second-order valence-electron chi connectivity index (χ2n) is 5.04. The Balaban J connectivity index is 1.76. The third-order valence-corrected chi connectivity index (χ3v) is 4.33. The highest BCUT2D eigenvalue weighted by Gasteiger charge is 2.40. The minimum Gasteiger partial charge on any atom is -0.371 e. The standard InChI is InChI=1S/C14H19ClN2O2/c15-12-2-1-3-13(11(12)10-16)17-6-4-14(5-7-17)18-8-9-19-14/h1-3H,4-10,16H2. The van der Waals surface area contributed by atoms with Gasteiger partial charge in [0.1, 0.15) is 0 Å². The molecule has 5 heteroatoms. The summed E-state index contributed by atoms with van der Waals surface area (Å²) in [7, 11) is 0. The Kier molecular flexibility index (Phi) is 3.67. The summed E-state index contributed by atoms with van der Waals surface area (Å²) in [6.07, 6.45) is 1.78. The minimum atomic E-state index is -0.335. The Hall–Kier alpha value is -0.810. The fraction of sp³-hybridized carbons (Fsp3) is 0.571. The van der Waals surface area contributed by atoms with E-state index in [4.69, 9.17) is 26.8 Å². The summed E-state index contributed by atoms with van der Waals surface area (Å²) in [6, 6.07) is 5.95. The zero-order valence-corrected chi connectivity index (χ0v) is 11.7. The molecule has 0 aliphatic carbocycles. The second kappa shape index (κ2) is 5.29. The van der Waals surface area contributed by atoms with Gasteiger partial charge in [0.25, 0.3) is 0 Å². The molecule has 0 unspecified atom stereocenters.